The number of nitrogens with zero attached hydrogens (tertiary/aromatic N) is 3. The standard InChI is InChI=1S/C30H31ClF7N3O7.C30H29ClF7N3O7.C26H21ClF7N3O7/c2*1-29(2,3)48-22(43)12-20(21(42)13-47-25-23(34)17(32)11-18(33)24(25)35)40-26(44)14-6-8-41(9-7-14)28(46)27(45)39-19-5-4-15(31)10-16(19)30(36,37)38;27-12-1-2-16(13(7-12)26(32,33)34)35-24(42)25(43)37-5-3-11(4-6-37)23(41)36-17(9-19(39)40)18(38)10-44-22-20(30)14(28)8-15(29)21(22)31/h4-5,10-11,14,20-21,42H,6-9,12-13H2,1-3H3,(H,39,45)(H,40,44);4-5,10-11,14,20H,6-9,12-13H2,1-3H3,(H,39,45)(H,40,44);1-2,7-8,11,17H,3-6,9-10H2,(H,35,42)(H,36,41)(H,39,40)/t20-,21?;20-;17-/m000/s1. The molecule has 6 aromatic rings. The number of carboxylic acid groups (broad SMARTS) is 1. The number of alkyl halides is 9. The number of Topliss-reactive ketones (excluding diaryl/α,β-unsaturated/α-hetero) is 2. The van der Waals surface area contributed by atoms with Crippen LogP contribution in [0.1, 0.15) is 116 Å². The third-order valence-corrected chi connectivity index (χ3v) is 20.9. The van der Waals surface area contributed by atoms with Crippen LogP contribution in [0.5, 0.6) is 17.2 Å². The summed E-state index contributed by atoms with van der Waals surface area (Å²) in [7, 11) is 0. The lowest BCUT2D eigenvalue weighted by molar-refractivity contribution is -0.157. The molecule has 764 valence electrons. The monoisotopic (exact) mass is 2080 g/mol. The Hall–Kier alpha value is -12.9. The first-order valence-corrected chi connectivity index (χ1v) is 42.1. The summed E-state index contributed by atoms with van der Waals surface area (Å²) in [5, 5.41) is 31.7. The molecular formula is C86H81Cl3F21N9O21. The lowest BCUT2D eigenvalue weighted by Crippen LogP contribution is -2.51. The fraction of sp³-hybridized carbons (Fsp3) is 0.419. The summed E-state index contributed by atoms with van der Waals surface area (Å²) < 4.78 is 309. The number of anilines is 3. The molecule has 0 saturated carbocycles. The highest BCUT2D eigenvalue weighted by Crippen LogP contribution is 2.41. The van der Waals surface area contributed by atoms with Crippen LogP contribution in [-0.4, -0.2) is 202 Å². The molecule has 3 heterocycles. The number of halogens is 24. The summed E-state index contributed by atoms with van der Waals surface area (Å²) >= 11 is 16.8. The Balaban J connectivity index is 0.000000286. The molecule has 1 unspecified atom stereocenters. The Bertz CT molecular complexity index is 5610. The van der Waals surface area contributed by atoms with Gasteiger partial charge in [0.15, 0.2) is 63.7 Å². The van der Waals surface area contributed by atoms with E-state index < -0.39 is 314 Å². The van der Waals surface area contributed by atoms with Crippen molar-refractivity contribution < 1.29 is 193 Å². The van der Waals surface area contributed by atoms with Gasteiger partial charge in [-0.3, -0.25) is 67.1 Å². The summed E-state index contributed by atoms with van der Waals surface area (Å²) in [5.74, 6) is -45.4. The van der Waals surface area contributed by atoms with Gasteiger partial charge in [0.1, 0.15) is 49.2 Å². The van der Waals surface area contributed by atoms with Crippen LogP contribution in [0.4, 0.5) is 109 Å². The fourth-order valence-corrected chi connectivity index (χ4v) is 13.8. The highest BCUT2D eigenvalue weighted by atomic mass is 35.5. The number of carbonyl (C=O) groups excluding carboxylic acids is 13. The Labute approximate surface area is 792 Å². The Morgan fingerprint density at radius 3 is 0.900 bits per heavy atom. The number of aliphatic hydroxyl groups excluding tert-OH is 1. The first-order chi connectivity index (χ1) is 64.8. The zero-order valence-electron chi connectivity index (χ0n) is 73.3. The van der Waals surface area contributed by atoms with E-state index in [9.17, 15) is 164 Å². The molecule has 9 rings (SSSR count). The van der Waals surface area contributed by atoms with Crippen molar-refractivity contribution in [2.75, 3.05) is 75.0 Å². The predicted octanol–water partition coefficient (Wildman–Crippen LogP) is 13.4. The number of rotatable bonds is 27. The molecule has 3 fully saturated rings. The van der Waals surface area contributed by atoms with Crippen molar-refractivity contribution in [3.05, 3.63) is 174 Å². The molecule has 8 N–H and O–H groups in total. The van der Waals surface area contributed by atoms with E-state index in [1.807, 2.05) is 16.0 Å². The summed E-state index contributed by atoms with van der Waals surface area (Å²) in [6.07, 6.45) is -19.4. The van der Waals surface area contributed by atoms with Crippen LogP contribution in [0.2, 0.25) is 15.1 Å². The van der Waals surface area contributed by atoms with Crippen molar-refractivity contribution in [1.29, 1.82) is 0 Å². The number of aliphatic carboxylic acids is 1. The largest absolute Gasteiger partial charge is 0.485 e. The third kappa shape index (κ3) is 32.6. The average molecular weight is 2080 g/mol. The van der Waals surface area contributed by atoms with E-state index in [-0.39, 0.29) is 111 Å². The van der Waals surface area contributed by atoms with Gasteiger partial charge in [0, 0.05) is 90.3 Å². The van der Waals surface area contributed by atoms with Crippen LogP contribution in [0.25, 0.3) is 0 Å². The molecule has 140 heavy (non-hydrogen) atoms. The number of amides is 9. The van der Waals surface area contributed by atoms with Gasteiger partial charge in [0.25, 0.3) is 0 Å². The molecule has 0 aromatic heterocycles. The number of benzene rings is 6. The van der Waals surface area contributed by atoms with Crippen LogP contribution >= 0.6 is 34.8 Å². The molecule has 6 aromatic carbocycles. The smallest absolute Gasteiger partial charge is 0.418 e. The third-order valence-electron chi connectivity index (χ3n) is 20.2. The molecule has 54 heteroatoms. The minimum Gasteiger partial charge on any atom is -0.485 e. The van der Waals surface area contributed by atoms with E-state index in [1.54, 1.807) is 20.8 Å². The predicted molar refractivity (Wildman–Crippen MR) is 443 cm³/mol. The van der Waals surface area contributed by atoms with E-state index in [0.29, 0.717) is 18.2 Å². The zero-order valence-corrected chi connectivity index (χ0v) is 75.5. The van der Waals surface area contributed by atoms with Crippen molar-refractivity contribution in [3.63, 3.8) is 0 Å². The SMILES string of the molecule is CC(C)(C)OC(=O)C[C@H](NC(=O)C1CCN(C(=O)C(=O)Nc2ccc(Cl)cc2C(F)(F)F)CC1)C(=O)COc1c(F)c(F)cc(F)c1F.CC(C)(C)OC(=O)C[C@H](NC(=O)C1CCN(C(=O)C(=O)Nc2ccc(Cl)cc2C(F)(F)F)CC1)C(O)COc1c(F)c(F)cc(F)c1F.O=C(O)C[C@H](NC(=O)C1CCN(C(=O)C(=O)Nc2ccc(Cl)cc2C(F)(F)F)CC1)C(=O)COc1c(F)c(F)cc(F)c1F. The highest BCUT2D eigenvalue weighted by Gasteiger charge is 2.43. The van der Waals surface area contributed by atoms with Gasteiger partial charge < -0.3 is 80.5 Å². The van der Waals surface area contributed by atoms with Crippen LogP contribution in [0.3, 0.4) is 0 Å². The van der Waals surface area contributed by atoms with E-state index in [4.69, 9.17) is 54.1 Å². The summed E-state index contributed by atoms with van der Waals surface area (Å²) in [4.78, 5) is 179. The molecule has 0 bridgehead atoms. The Kier molecular flexibility index (Phi) is 39.3. The summed E-state index contributed by atoms with van der Waals surface area (Å²) in [6, 6.07) is 2.45. The van der Waals surface area contributed by atoms with Gasteiger partial charge in [-0.25, -0.2) is 26.3 Å². The molecule has 4 atom stereocenters. The maximum absolute atomic E-state index is 14.0. The van der Waals surface area contributed by atoms with Gasteiger partial charge in [-0.1, -0.05) is 34.8 Å². The number of ether oxygens (including phenoxy) is 5. The molecule has 0 radical (unpaired) electrons. The van der Waals surface area contributed by atoms with Gasteiger partial charge in [-0.2, -0.15) is 65.9 Å². The highest BCUT2D eigenvalue weighted by molar-refractivity contribution is 6.41. The molecular weight excluding hydrogens is 2000 g/mol. The lowest BCUT2D eigenvalue weighted by Gasteiger charge is -2.32. The number of esters is 2. The van der Waals surface area contributed by atoms with Gasteiger partial charge in [-0.05, 0) is 135 Å². The van der Waals surface area contributed by atoms with Gasteiger partial charge in [0.2, 0.25) is 52.6 Å². The molecule has 0 aliphatic carbocycles. The topological polar surface area (TPSA) is 407 Å². The average Bonchev–Trinajstić information content (AvgIpc) is 0.933. The second-order valence-corrected chi connectivity index (χ2v) is 34.1. The van der Waals surface area contributed by atoms with Crippen LogP contribution in [-0.2, 0) is 95.1 Å². The first-order valence-electron chi connectivity index (χ1n) is 40.9. The van der Waals surface area contributed by atoms with Gasteiger partial charge in [-0.15, -0.1) is 0 Å². The minimum absolute atomic E-state index is 0.0475. The number of nitrogens with one attached hydrogen (secondary N) is 6. The number of carbonyl (C=O) groups is 14. The van der Waals surface area contributed by atoms with Crippen molar-refractivity contribution >= 4 is 135 Å². The molecule has 30 nitrogen and oxygen atoms in total. The van der Waals surface area contributed by atoms with E-state index in [2.05, 4.69) is 25.4 Å². The fourth-order valence-electron chi connectivity index (χ4n) is 13.3. The number of likely N-dealkylation sites (tertiary alicyclic amines) is 3. The van der Waals surface area contributed by atoms with Crippen molar-refractivity contribution in [3.8, 4) is 17.2 Å². The molecule has 9 amide bonds. The number of hydrogen-bond acceptors (Lipinski definition) is 20. The molecule has 3 aliphatic rings. The number of hydrogen-bond donors (Lipinski definition) is 8. The molecule has 3 aliphatic heterocycles. The summed E-state index contributed by atoms with van der Waals surface area (Å²) in [6.45, 7) is 4.46. The van der Waals surface area contributed by atoms with Crippen molar-refractivity contribution in [1.82, 2.24) is 30.7 Å². The van der Waals surface area contributed by atoms with Crippen LogP contribution in [0.15, 0.2) is 72.8 Å². The molecule has 0 spiro atoms. The lowest BCUT2D eigenvalue weighted by atomic mass is 9.94. The Morgan fingerprint density at radius 1 is 0.379 bits per heavy atom. The quantitative estimate of drug-likeness (QED) is 0.0103. The van der Waals surface area contributed by atoms with Crippen LogP contribution < -0.4 is 46.1 Å². The number of ketones is 2. The second-order valence-electron chi connectivity index (χ2n) is 32.8. The van der Waals surface area contributed by atoms with E-state index >= 15 is 0 Å². The van der Waals surface area contributed by atoms with E-state index in [0.717, 1.165) is 51.1 Å². The van der Waals surface area contributed by atoms with E-state index in [1.165, 1.54) is 20.8 Å². The van der Waals surface area contributed by atoms with Gasteiger partial charge >= 0.3 is 71.9 Å². The van der Waals surface area contributed by atoms with Crippen molar-refractivity contribution in [2.24, 2.45) is 17.8 Å². The van der Waals surface area contributed by atoms with Crippen LogP contribution in [0, 0.1) is 87.6 Å². The normalized spacial score (nSPS) is 14.8. The molecule has 3 saturated heterocycles. The number of aliphatic hydroxyl groups is 1. The number of carboxylic acids is 1. The Morgan fingerprint density at radius 2 is 0.636 bits per heavy atom. The first kappa shape index (κ1) is 114. The zero-order chi connectivity index (χ0) is 105. The second kappa shape index (κ2) is 48.3. The maximum Gasteiger partial charge on any atom is 0.418 e. The number of piperidine rings is 3. The summed E-state index contributed by atoms with van der Waals surface area (Å²) in [5.41, 5.74) is -7.90. The van der Waals surface area contributed by atoms with Crippen molar-refractivity contribution in [2.45, 2.75) is 153 Å². The van der Waals surface area contributed by atoms with Gasteiger partial charge in [0.05, 0.1) is 59.1 Å². The minimum atomic E-state index is -4.89. The maximum atomic E-state index is 14.0.